The Morgan fingerprint density at radius 2 is 1.22 bits per heavy atom. The second kappa shape index (κ2) is 9.39. The monoisotopic (exact) mass is 430 g/mol. The van der Waals surface area contributed by atoms with E-state index in [2.05, 4.69) is 45.9 Å². The number of hydrogen-bond donors (Lipinski definition) is 0. The maximum atomic E-state index is 12.7. The highest BCUT2D eigenvalue weighted by atomic mass is 16.5. The Kier molecular flexibility index (Phi) is 6.83. The molecule has 4 nitrogen and oxygen atoms in total. The first kappa shape index (κ1) is 23.3. The topological polar surface area (TPSA) is 52.6 Å². The minimum absolute atomic E-state index is 0.217. The van der Waals surface area contributed by atoms with Crippen LogP contribution in [0.15, 0.2) is 48.5 Å². The van der Waals surface area contributed by atoms with Crippen LogP contribution in [0.1, 0.15) is 72.5 Å². The highest BCUT2D eigenvalue weighted by Gasteiger charge is 2.18. The summed E-state index contributed by atoms with van der Waals surface area (Å²) in [7, 11) is 1.31. The molecule has 0 saturated heterocycles. The molecule has 3 rings (SSSR count). The van der Waals surface area contributed by atoms with Crippen molar-refractivity contribution >= 4 is 11.9 Å². The fourth-order valence-corrected chi connectivity index (χ4v) is 4.06. The van der Waals surface area contributed by atoms with Crippen molar-refractivity contribution in [1.82, 2.24) is 0 Å². The molecule has 0 spiro atoms. The zero-order valence-corrected chi connectivity index (χ0v) is 19.8. The van der Waals surface area contributed by atoms with E-state index < -0.39 is 11.9 Å². The predicted octanol–water partition coefficient (Wildman–Crippen LogP) is 6.39. The summed E-state index contributed by atoms with van der Waals surface area (Å²) in [5.41, 5.74) is 8.93. The first-order valence-corrected chi connectivity index (χ1v) is 10.7. The van der Waals surface area contributed by atoms with Crippen molar-refractivity contribution in [3.8, 4) is 5.75 Å². The molecular formula is C28H30O4. The second-order valence-electron chi connectivity index (χ2n) is 8.45. The Bertz CT molecular complexity index is 1190. The van der Waals surface area contributed by atoms with Crippen molar-refractivity contribution in [2.75, 3.05) is 7.11 Å². The standard InChI is InChI=1S/C28H30O4/c1-16-11-18(3)24(12-17(16)2)21(6)25-13-20(5)26(14-19(25)4)32-28(30)23-10-8-9-22(15-23)27(29)31-7/h8-15,21H,1-7H3. The van der Waals surface area contributed by atoms with Crippen LogP contribution in [0.2, 0.25) is 0 Å². The lowest BCUT2D eigenvalue weighted by atomic mass is 9.85. The molecule has 0 aliphatic carbocycles. The summed E-state index contributed by atoms with van der Waals surface area (Å²) < 4.78 is 10.4. The van der Waals surface area contributed by atoms with Crippen LogP contribution in [0.5, 0.6) is 5.75 Å². The molecule has 166 valence electrons. The molecule has 0 saturated carbocycles. The largest absolute Gasteiger partial charge is 0.465 e. The van der Waals surface area contributed by atoms with E-state index in [4.69, 9.17) is 9.47 Å². The molecule has 1 unspecified atom stereocenters. The van der Waals surface area contributed by atoms with Gasteiger partial charge in [0.25, 0.3) is 0 Å². The number of methoxy groups -OCH3 is 1. The van der Waals surface area contributed by atoms with Crippen molar-refractivity contribution in [3.05, 3.63) is 98.6 Å². The lowest BCUT2D eigenvalue weighted by Crippen LogP contribution is -2.12. The lowest BCUT2D eigenvalue weighted by molar-refractivity contribution is 0.0600. The van der Waals surface area contributed by atoms with Crippen molar-refractivity contribution < 1.29 is 19.1 Å². The SMILES string of the molecule is COC(=O)c1cccc(C(=O)Oc2cc(C)c(C(C)c3cc(C)c(C)cc3C)cc2C)c1. The van der Waals surface area contributed by atoms with Gasteiger partial charge in [0, 0.05) is 5.92 Å². The summed E-state index contributed by atoms with van der Waals surface area (Å²) in [6.07, 6.45) is 0. The molecule has 1 atom stereocenters. The van der Waals surface area contributed by atoms with Gasteiger partial charge in [-0.1, -0.05) is 31.2 Å². The molecule has 0 aromatic heterocycles. The number of benzene rings is 3. The molecule has 4 heteroatoms. The van der Waals surface area contributed by atoms with E-state index in [1.165, 1.54) is 41.0 Å². The molecule has 0 aliphatic rings. The summed E-state index contributed by atoms with van der Waals surface area (Å²) in [5.74, 6) is -0.270. The summed E-state index contributed by atoms with van der Waals surface area (Å²) in [6, 6.07) is 14.9. The zero-order valence-electron chi connectivity index (χ0n) is 19.8. The first-order valence-electron chi connectivity index (χ1n) is 10.7. The zero-order chi connectivity index (χ0) is 23.6. The van der Waals surface area contributed by atoms with Gasteiger partial charge >= 0.3 is 11.9 Å². The summed E-state index contributed by atoms with van der Waals surface area (Å²) in [6.45, 7) is 12.6. The van der Waals surface area contributed by atoms with Crippen molar-refractivity contribution in [2.24, 2.45) is 0 Å². The smallest absolute Gasteiger partial charge is 0.343 e. The number of ether oxygens (including phenoxy) is 2. The fraction of sp³-hybridized carbons (Fsp3) is 0.286. The molecule has 0 amide bonds. The van der Waals surface area contributed by atoms with Gasteiger partial charge in [0.2, 0.25) is 0 Å². The maximum absolute atomic E-state index is 12.7. The molecule has 0 aliphatic heterocycles. The normalized spacial score (nSPS) is 11.7. The van der Waals surface area contributed by atoms with Crippen LogP contribution in [-0.4, -0.2) is 19.0 Å². The molecule has 3 aromatic rings. The van der Waals surface area contributed by atoms with E-state index in [0.717, 1.165) is 11.1 Å². The highest BCUT2D eigenvalue weighted by molar-refractivity contribution is 5.96. The number of hydrogen-bond acceptors (Lipinski definition) is 4. The van der Waals surface area contributed by atoms with Crippen LogP contribution >= 0.6 is 0 Å². The van der Waals surface area contributed by atoms with Crippen LogP contribution in [-0.2, 0) is 4.74 Å². The van der Waals surface area contributed by atoms with E-state index in [0.29, 0.717) is 16.9 Å². The van der Waals surface area contributed by atoms with Crippen LogP contribution in [0.25, 0.3) is 0 Å². The average Bonchev–Trinajstić information content (AvgIpc) is 2.77. The molecule has 0 fully saturated rings. The number of carbonyl (C=O) groups is 2. The minimum Gasteiger partial charge on any atom is -0.465 e. The van der Waals surface area contributed by atoms with E-state index in [1.54, 1.807) is 18.2 Å². The van der Waals surface area contributed by atoms with Gasteiger partial charge in [-0.05, 0) is 97.8 Å². The van der Waals surface area contributed by atoms with Gasteiger partial charge in [-0.15, -0.1) is 0 Å². The molecule has 32 heavy (non-hydrogen) atoms. The van der Waals surface area contributed by atoms with Gasteiger partial charge in [0.1, 0.15) is 5.75 Å². The van der Waals surface area contributed by atoms with Gasteiger partial charge in [-0.25, -0.2) is 9.59 Å². The molecule has 0 heterocycles. The highest BCUT2D eigenvalue weighted by Crippen LogP contribution is 2.34. The Hall–Kier alpha value is -3.40. The number of esters is 2. The van der Waals surface area contributed by atoms with Crippen LogP contribution < -0.4 is 4.74 Å². The molecule has 3 aromatic carbocycles. The first-order chi connectivity index (χ1) is 15.1. The van der Waals surface area contributed by atoms with Gasteiger partial charge in [-0.3, -0.25) is 0 Å². The second-order valence-corrected chi connectivity index (χ2v) is 8.45. The van der Waals surface area contributed by atoms with E-state index in [-0.39, 0.29) is 5.92 Å². The van der Waals surface area contributed by atoms with E-state index in [1.807, 2.05) is 19.9 Å². The Morgan fingerprint density at radius 1 is 0.688 bits per heavy atom. The van der Waals surface area contributed by atoms with Gasteiger partial charge in [0.15, 0.2) is 0 Å². The predicted molar refractivity (Wildman–Crippen MR) is 127 cm³/mol. The quantitative estimate of drug-likeness (QED) is 0.348. The van der Waals surface area contributed by atoms with Crippen molar-refractivity contribution in [1.29, 1.82) is 0 Å². The summed E-state index contributed by atoms with van der Waals surface area (Å²) in [5, 5.41) is 0. The molecular weight excluding hydrogens is 400 g/mol. The average molecular weight is 431 g/mol. The van der Waals surface area contributed by atoms with Gasteiger partial charge in [-0.2, -0.15) is 0 Å². The fourth-order valence-electron chi connectivity index (χ4n) is 4.06. The number of carbonyl (C=O) groups excluding carboxylic acids is 2. The third kappa shape index (κ3) is 4.75. The van der Waals surface area contributed by atoms with Crippen molar-refractivity contribution in [2.45, 2.75) is 47.5 Å². The van der Waals surface area contributed by atoms with Crippen molar-refractivity contribution in [3.63, 3.8) is 0 Å². The van der Waals surface area contributed by atoms with Crippen LogP contribution in [0.3, 0.4) is 0 Å². The van der Waals surface area contributed by atoms with Crippen LogP contribution in [0, 0.1) is 34.6 Å². The van der Waals surface area contributed by atoms with Crippen LogP contribution in [0.4, 0.5) is 0 Å². The minimum atomic E-state index is -0.510. The van der Waals surface area contributed by atoms with Gasteiger partial charge < -0.3 is 9.47 Å². The molecule has 0 radical (unpaired) electrons. The Morgan fingerprint density at radius 3 is 1.84 bits per heavy atom. The van der Waals surface area contributed by atoms with E-state index >= 15 is 0 Å². The number of rotatable bonds is 5. The summed E-state index contributed by atoms with van der Waals surface area (Å²) in [4.78, 5) is 24.5. The third-order valence-electron chi connectivity index (χ3n) is 6.10. The van der Waals surface area contributed by atoms with E-state index in [9.17, 15) is 9.59 Å². The Labute approximate surface area is 190 Å². The molecule has 0 bridgehead atoms. The number of aryl methyl sites for hydroxylation is 5. The molecule has 0 N–H and O–H groups in total. The third-order valence-corrected chi connectivity index (χ3v) is 6.10. The maximum Gasteiger partial charge on any atom is 0.343 e. The lowest BCUT2D eigenvalue weighted by Gasteiger charge is -2.21. The Balaban J connectivity index is 1.89. The summed E-state index contributed by atoms with van der Waals surface area (Å²) >= 11 is 0. The van der Waals surface area contributed by atoms with Gasteiger partial charge in [0.05, 0.1) is 18.2 Å².